The van der Waals surface area contributed by atoms with E-state index in [-0.39, 0.29) is 11.8 Å². The lowest BCUT2D eigenvalue weighted by Gasteiger charge is -2.23. The van der Waals surface area contributed by atoms with Gasteiger partial charge in [-0.2, -0.15) is 0 Å². The first kappa shape index (κ1) is 12.8. The average molecular weight is 244 g/mol. The van der Waals surface area contributed by atoms with Crippen molar-refractivity contribution in [3.8, 4) is 0 Å². The number of nitrogens with zero attached hydrogens (tertiary/aromatic N) is 1. The van der Waals surface area contributed by atoms with Crippen LogP contribution in [0.1, 0.15) is 31.4 Å². The quantitative estimate of drug-likeness (QED) is 0.877. The molecule has 0 radical (unpaired) electrons. The first-order chi connectivity index (χ1) is 8.59. The second kappa shape index (κ2) is 5.36. The van der Waals surface area contributed by atoms with E-state index in [1.807, 2.05) is 6.07 Å². The first-order valence-corrected chi connectivity index (χ1v) is 6.31. The van der Waals surface area contributed by atoms with Crippen LogP contribution in [0.4, 0.5) is 0 Å². The highest BCUT2D eigenvalue weighted by molar-refractivity contribution is 5.83. The van der Waals surface area contributed by atoms with E-state index in [9.17, 15) is 4.79 Å². The molecule has 0 bridgehead atoms. The predicted octanol–water partition coefficient (Wildman–Crippen LogP) is 3.14. The molecule has 1 N–H and O–H groups in total. The van der Waals surface area contributed by atoms with Crippen LogP contribution in [-0.2, 0) is 4.79 Å². The molecule has 0 aliphatic carbocycles. The Labute approximate surface area is 108 Å². The van der Waals surface area contributed by atoms with Crippen molar-refractivity contribution in [1.29, 1.82) is 0 Å². The molecule has 0 saturated carbocycles. The van der Waals surface area contributed by atoms with Gasteiger partial charge in [-0.1, -0.05) is 18.2 Å². The summed E-state index contributed by atoms with van der Waals surface area (Å²) in [5, 5.41) is 1.25. The molecule has 0 aliphatic rings. The Morgan fingerprint density at radius 1 is 1.33 bits per heavy atom. The van der Waals surface area contributed by atoms with Gasteiger partial charge in [-0.05, 0) is 39.1 Å². The molecule has 1 unspecified atom stereocenters. The maximum absolute atomic E-state index is 11.2. The third-order valence-electron chi connectivity index (χ3n) is 3.37. The number of carbonyl (C=O) groups is 1. The second-order valence-corrected chi connectivity index (χ2v) is 5.01. The topological polar surface area (TPSA) is 36.1 Å². The molecule has 0 spiro atoms. The molecule has 18 heavy (non-hydrogen) atoms. The van der Waals surface area contributed by atoms with Crippen LogP contribution >= 0.6 is 0 Å². The third-order valence-corrected chi connectivity index (χ3v) is 3.37. The Morgan fingerprint density at radius 2 is 2.06 bits per heavy atom. The highest BCUT2D eigenvalue weighted by Crippen LogP contribution is 2.30. The highest BCUT2D eigenvalue weighted by Gasteiger charge is 2.18. The van der Waals surface area contributed by atoms with Crippen LogP contribution in [0, 0.1) is 0 Å². The molecule has 0 aliphatic heterocycles. The van der Waals surface area contributed by atoms with E-state index in [1.54, 1.807) is 6.92 Å². The molecular weight excluding hydrogens is 224 g/mol. The van der Waals surface area contributed by atoms with Gasteiger partial charge in [-0.25, -0.2) is 0 Å². The number of Topliss-reactive ketones (excluding diaryl/α,β-unsaturated/α-hetero) is 1. The molecule has 1 aromatic heterocycles. The lowest BCUT2D eigenvalue weighted by Crippen LogP contribution is -2.20. The lowest BCUT2D eigenvalue weighted by atomic mass is 9.99. The van der Waals surface area contributed by atoms with Gasteiger partial charge in [0.05, 0.1) is 0 Å². The molecule has 0 saturated heterocycles. The van der Waals surface area contributed by atoms with Crippen LogP contribution in [0.15, 0.2) is 30.5 Å². The molecule has 2 rings (SSSR count). The third kappa shape index (κ3) is 2.62. The first-order valence-electron chi connectivity index (χ1n) is 6.31. The van der Waals surface area contributed by atoms with Crippen molar-refractivity contribution < 1.29 is 4.79 Å². The summed E-state index contributed by atoms with van der Waals surface area (Å²) in [6, 6.07) is 8.58. The standard InChI is InChI=1S/C15H20N2O/c1-11(18)8-9-15(17(2)3)13-10-16-14-7-5-4-6-12(13)14/h4-7,10,15-16H,8-9H2,1-3H3. The van der Waals surface area contributed by atoms with Crippen molar-refractivity contribution in [3.63, 3.8) is 0 Å². The molecule has 3 nitrogen and oxygen atoms in total. The number of ketones is 1. The predicted molar refractivity (Wildman–Crippen MR) is 74.6 cm³/mol. The van der Waals surface area contributed by atoms with Gasteiger partial charge < -0.3 is 14.7 Å². The second-order valence-electron chi connectivity index (χ2n) is 5.01. The summed E-state index contributed by atoms with van der Waals surface area (Å²) in [5.74, 6) is 0.252. The number of para-hydroxylation sites is 1. The van der Waals surface area contributed by atoms with Crippen LogP contribution in [-0.4, -0.2) is 29.8 Å². The minimum absolute atomic E-state index is 0.252. The Balaban J connectivity index is 2.33. The van der Waals surface area contributed by atoms with Crippen molar-refractivity contribution in [1.82, 2.24) is 9.88 Å². The number of benzene rings is 1. The fourth-order valence-electron chi connectivity index (χ4n) is 2.40. The van der Waals surface area contributed by atoms with E-state index >= 15 is 0 Å². The van der Waals surface area contributed by atoms with E-state index in [2.05, 4.69) is 48.4 Å². The van der Waals surface area contributed by atoms with Crippen molar-refractivity contribution in [2.75, 3.05) is 14.1 Å². The smallest absolute Gasteiger partial charge is 0.129 e. The molecule has 1 atom stereocenters. The van der Waals surface area contributed by atoms with Crippen molar-refractivity contribution in [2.45, 2.75) is 25.8 Å². The van der Waals surface area contributed by atoms with Gasteiger partial charge >= 0.3 is 0 Å². The summed E-state index contributed by atoms with van der Waals surface area (Å²) in [4.78, 5) is 16.7. The number of rotatable bonds is 5. The number of nitrogens with one attached hydrogen (secondary N) is 1. The zero-order valence-electron chi connectivity index (χ0n) is 11.2. The Bertz CT molecular complexity index is 542. The molecule has 3 heteroatoms. The van der Waals surface area contributed by atoms with E-state index < -0.39 is 0 Å². The van der Waals surface area contributed by atoms with Crippen molar-refractivity contribution in [3.05, 3.63) is 36.0 Å². The van der Waals surface area contributed by atoms with Crippen molar-refractivity contribution >= 4 is 16.7 Å². The molecular formula is C15H20N2O. The van der Waals surface area contributed by atoms with Crippen molar-refractivity contribution in [2.24, 2.45) is 0 Å². The number of H-pyrrole nitrogens is 1. The summed E-state index contributed by atoms with van der Waals surface area (Å²) < 4.78 is 0. The van der Waals surface area contributed by atoms with Crippen LogP contribution in [0.2, 0.25) is 0 Å². The Kier molecular flexibility index (Phi) is 3.82. The Hall–Kier alpha value is -1.61. The summed E-state index contributed by atoms with van der Waals surface area (Å²) in [7, 11) is 4.12. The lowest BCUT2D eigenvalue weighted by molar-refractivity contribution is -0.117. The van der Waals surface area contributed by atoms with Gasteiger partial charge in [0.1, 0.15) is 5.78 Å². The zero-order chi connectivity index (χ0) is 13.1. The zero-order valence-corrected chi connectivity index (χ0v) is 11.2. The SMILES string of the molecule is CC(=O)CCC(c1c[nH]c2ccccc12)N(C)C. The van der Waals surface area contributed by atoms with Gasteiger partial charge in [0.15, 0.2) is 0 Å². The summed E-state index contributed by atoms with van der Waals surface area (Å²) in [5.41, 5.74) is 2.43. The largest absolute Gasteiger partial charge is 0.361 e. The number of aromatic amines is 1. The van der Waals surface area contributed by atoms with Gasteiger partial charge in [-0.15, -0.1) is 0 Å². The van der Waals surface area contributed by atoms with E-state index in [0.717, 1.165) is 11.9 Å². The fourth-order valence-corrected chi connectivity index (χ4v) is 2.40. The minimum atomic E-state index is 0.252. The molecule has 96 valence electrons. The van der Waals surface area contributed by atoms with Crippen LogP contribution in [0.5, 0.6) is 0 Å². The molecule has 0 amide bonds. The van der Waals surface area contributed by atoms with Crippen LogP contribution in [0.3, 0.4) is 0 Å². The number of fused-ring (bicyclic) bond motifs is 1. The van der Waals surface area contributed by atoms with E-state index in [1.165, 1.54) is 10.9 Å². The van der Waals surface area contributed by atoms with Gasteiger partial charge in [-0.3, -0.25) is 0 Å². The molecule has 1 aromatic carbocycles. The van der Waals surface area contributed by atoms with Gasteiger partial charge in [0.25, 0.3) is 0 Å². The van der Waals surface area contributed by atoms with Gasteiger partial charge in [0.2, 0.25) is 0 Å². The van der Waals surface area contributed by atoms with Crippen LogP contribution < -0.4 is 0 Å². The number of carbonyl (C=O) groups excluding carboxylic acids is 1. The average Bonchev–Trinajstić information content (AvgIpc) is 2.73. The molecule has 2 aromatic rings. The highest BCUT2D eigenvalue weighted by atomic mass is 16.1. The van der Waals surface area contributed by atoms with E-state index in [4.69, 9.17) is 0 Å². The van der Waals surface area contributed by atoms with Gasteiger partial charge in [0, 0.05) is 29.6 Å². The minimum Gasteiger partial charge on any atom is -0.361 e. The summed E-state index contributed by atoms with van der Waals surface area (Å²) >= 11 is 0. The van der Waals surface area contributed by atoms with E-state index in [0.29, 0.717) is 6.42 Å². The fraction of sp³-hybridized carbons (Fsp3) is 0.400. The number of hydrogen-bond acceptors (Lipinski definition) is 2. The summed E-state index contributed by atoms with van der Waals surface area (Å²) in [6.45, 7) is 1.65. The summed E-state index contributed by atoms with van der Waals surface area (Å²) in [6.07, 6.45) is 3.56. The number of hydrogen-bond donors (Lipinski definition) is 1. The van der Waals surface area contributed by atoms with Crippen LogP contribution in [0.25, 0.3) is 10.9 Å². The monoisotopic (exact) mass is 244 g/mol. The number of aromatic nitrogens is 1. The maximum atomic E-state index is 11.2. The Morgan fingerprint density at radius 3 is 2.72 bits per heavy atom. The normalized spacial score (nSPS) is 13.1. The molecule has 1 heterocycles. The maximum Gasteiger partial charge on any atom is 0.129 e. The molecule has 0 fully saturated rings.